The van der Waals surface area contributed by atoms with Gasteiger partial charge in [-0.1, -0.05) is 6.07 Å². The predicted molar refractivity (Wildman–Crippen MR) is 127 cm³/mol. The summed E-state index contributed by atoms with van der Waals surface area (Å²) in [6, 6.07) is 17.1. The Kier molecular flexibility index (Phi) is 7.42. The maximum Gasteiger partial charge on any atom is 0.262 e. The second kappa shape index (κ2) is 10.4. The zero-order valence-electron chi connectivity index (χ0n) is 19.4. The van der Waals surface area contributed by atoms with Crippen molar-refractivity contribution in [1.29, 1.82) is 5.26 Å². The van der Waals surface area contributed by atoms with E-state index in [1.165, 1.54) is 0 Å². The van der Waals surface area contributed by atoms with Crippen molar-refractivity contribution < 1.29 is 19.0 Å². The normalized spacial score (nSPS) is 11.0. The minimum Gasteiger partial charge on any atom is -0.497 e. The number of carbonyl (C=O) groups excluding carboxylic acids is 1. The van der Waals surface area contributed by atoms with Gasteiger partial charge in [-0.15, -0.1) is 0 Å². The van der Waals surface area contributed by atoms with E-state index in [9.17, 15) is 10.1 Å². The summed E-state index contributed by atoms with van der Waals surface area (Å²) in [6.45, 7) is 4.19. The van der Waals surface area contributed by atoms with E-state index in [1.807, 2.05) is 56.3 Å². The monoisotopic (exact) mass is 445 g/mol. The van der Waals surface area contributed by atoms with Gasteiger partial charge in [0.1, 0.15) is 17.4 Å². The van der Waals surface area contributed by atoms with Crippen LogP contribution in [0.25, 0.3) is 11.8 Å². The van der Waals surface area contributed by atoms with Crippen molar-refractivity contribution in [3.05, 3.63) is 76.6 Å². The number of nitrogens with zero attached hydrogens (tertiary/aromatic N) is 2. The molecule has 33 heavy (non-hydrogen) atoms. The molecule has 0 saturated carbocycles. The van der Waals surface area contributed by atoms with Gasteiger partial charge in [0, 0.05) is 23.6 Å². The first kappa shape index (κ1) is 23.5. The van der Waals surface area contributed by atoms with Crippen LogP contribution in [0.2, 0.25) is 0 Å². The molecule has 0 saturated heterocycles. The molecular weight excluding hydrogens is 418 g/mol. The van der Waals surface area contributed by atoms with Gasteiger partial charge in [-0.05, 0) is 73.5 Å². The number of aryl methyl sites for hydroxylation is 1. The molecule has 1 heterocycles. The number of rotatable bonds is 8. The Morgan fingerprint density at radius 3 is 2.30 bits per heavy atom. The first-order valence-corrected chi connectivity index (χ1v) is 10.4. The first-order chi connectivity index (χ1) is 15.9. The Morgan fingerprint density at radius 2 is 1.70 bits per heavy atom. The third kappa shape index (κ3) is 5.18. The van der Waals surface area contributed by atoms with Crippen LogP contribution in [0.5, 0.6) is 17.2 Å². The molecule has 0 unspecified atom stereocenters. The van der Waals surface area contributed by atoms with Gasteiger partial charge in [0.05, 0.1) is 21.3 Å². The van der Waals surface area contributed by atoms with E-state index < -0.39 is 5.91 Å². The second-order valence-corrected chi connectivity index (χ2v) is 7.40. The third-order valence-electron chi connectivity index (χ3n) is 5.37. The van der Waals surface area contributed by atoms with E-state index >= 15 is 0 Å². The van der Waals surface area contributed by atoms with Crippen molar-refractivity contribution >= 4 is 12.0 Å². The Balaban J connectivity index is 1.80. The summed E-state index contributed by atoms with van der Waals surface area (Å²) in [5, 5.41) is 12.4. The topological polar surface area (TPSA) is 85.5 Å². The molecule has 0 aliphatic carbocycles. The summed E-state index contributed by atoms with van der Waals surface area (Å²) in [7, 11) is 4.75. The van der Waals surface area contributed by atoms with Crippen molar-refractivity contribution in [3.63, 3.8) is 0 Å². The Bertz CT molecular complexity index is 1220. The van der Waals surface area contributed by atoms with Crippen molar-refractivity contribution in [2.45, 2.75) is 20.4 Å². The number of aromatic nitrogens is 1. The molecular formula is C26H27N3O4. The largest absolute Gasteiger partial charge is 0.497 e. The lowest BCUT2D eigenvalue weighted by Crippen LogP contribution is -2.24. The first-order valence-electron chi connectivity index (χ1n) is 10.4. The number of nitrogens with one attached hydrogen (secondary N) is 1. The fraction of sp³-hybridized carbons (Fsp3) is 0.231. The number of methoxy groups -OCH3 is 3. The van der Waals surface area contributed by atoms with Gasteiger partial charge in [0.25, 0.3) is 5.91 Å². The SMILES string of the molecule is COc1ccc(-n2c(C)cc(/C=C(\C#N)C(=O)NCc3ccc(OC)c(OC)c3)c2C)cc1. The van der Waals surface area contributed by atoms with Crippen LogP contribution in [-0.4, -0.2) is 31.8 Å². The second-order valence-electron chi connectivity index (χ2n) is 7.40. The van der Waals surface area contributed by atoms with E-state index in [1.54, 1.807) is 39.5 Å². The molecule has 1 aromatic heterocycles. The minimum atomic E-state index is -0.443. The molecule has 0 aliphatic rings. The van der Waals surface area contributed by atoms with Crippen molar-refractivity contribution in [2.75, 3.05) is 21.3 Å². The third-order valence-corrected chi connectivity index (χ3v) is 5.37. The van der Waals surface area contributed by atoms with Gasteiger partial charge in [0.15, 0.2) is 11.5 Å². The van der Waals surface area contributed by atoms with E-state index in [4.69, 9.17) is 14.2 Å². The minimum absolute atomic E-state index is 0.0328. The van der Waals surface area contributed by atoms with Crippen molar-refractivity contribution in [3.8, 4) is 29.0 Å². The summed E-state index contributed by atoms with van der Waals surface area (Å²) in [5.41, 5.74) is 4.56. The summed E-state index contributed by atoms with van der Waals surface area (Å²) in [4.78, 5) is 12.7. The average molecular weight is 446 g/mol. The smallest absolute Gasteiger partial charge is 0.262 e. The van der Waals surface area contributed by atoms with E-state index in [2.05, 4.69) is 9.88 Å². The molecule has 170 valence electrons. The van der Waals surface area contributed by atoms with Gasteiger partial charge >= 0.3 is 0 Å². The highest BCUT2D eigenvalue weighted by molar-refractivity contribution is 6.01. The Hall–Kier alpha value is -4.18. The van der Waals surface area contributed by atoms with Gasteiger partial charge in [-0.25, -0.2) is 0 Å². The summed E-state index contributed by atoms with van der Waals surface area (Å²) >= 11 is 0. The van der Waals surface area contributed by atoms with E-state index in [0.717, 1.165) is 34.0 Å². The van der Waals surface area contributed by atoms with Gasteiger partial charge < -0.3 is 24.1 Å². The highest BCUT2D eigenvalue weighted by Crippen LogP contribution is 2.28. The lowest BCUT2D eigenvalue weighted by molar-refractivity contribution is -0.117. The van der Waals surface area contributed by atoms with Crippen LogP contribution in [-0.2, 0) is 11.3 Å². The molecule has 1 N–H and O–H groups in total. The quantitative estimate of drug-likeness (QED) is 0.412. The van der Waals surface area contributed by atoms with Gasteiger partial charge in [-0.3, -0.25) is 4.79 Å². The van der Waals surface area contributed by atoms with Crippen LogP contribution in [0.15, 0.2) is 54.1 Å². The van der Waals surface area contributed by atoms with Crippen LogP contribution in [0.1, 0.15) is 22.5 Å². The van der Waals surface area contributed by atoms with Crippen LogP contribution >= 0.6 is 0 Å². The Labute approximate surface area is 193 Å². The lowest BCUT2D eigenvalue weighted by Gasteiger charge is -2.11. The molecule has 2 aromatic carbocycles. The standard InChI is InChI=1S/C26H27N3O4/c1-17-12-20(18(2)29(17)22-7-9-23(31-3)10-8-22)14-21(15-27)26(30)28-16-19-6-11-24(32-4)25(13-19)33-5/h6-14H,16H2,1-5H3,(H,28,30)/b21-14+. The average Bonchev–Trinajstić information content (AvgIpc) is 3.13. The maximum atomic E-state index is 12.7. The predicted octanol–water partition coefficient (Wildman–Crippen LogP) is 4.34. The highest BCUT2D eigenvalue weighted by atomic mass is 16.5. The molecule has 0 aliphatic heterocycles. The molecule has 7 heteroatoms. The van der Waals surface area contributed by atoms with Crippen LogP contribution in [0, 0.1) is 25.2 Å². The number of hydrogen-bond acceptors (Lipinski definition) is 5. The van der Waals surface area contributed by atoms with E-state index in [0.29, 0.717) is 11.5 Å². The number of amides is 1. The van der Waals surface area contributed by atoms with Gasteiger partial charge in [-0.2, -0.15) is 5.26 Å². The molecule has 1 amide bonds. The zero-order chi connectivity index (χ0) is 24.0. The molecule has 3 aromatic rings. The number of ether oxygens (including phenoxy) is 3. The molecule has 0 fully saturated rings. The summed E-state index contributed by atoms with van der Waals surface area (Å²) in [6.07, 6.45) is 1.62. The fourth-order valence-corrected chi connectivity index (χ4v) is 3.63. The number of carbonyl (C=O) groups is 1. The van der Waals surface area contributed by atoms with Crippen LogP contribution < -0.4 is 19.5 Å². The summed E-state index contributed by atoms with van der Waals surface area (Å²) < 4.78 is 17.8. The van der Waals surface area contributed by atoms with E-state index in [-0.39, 0.29) is 12.1 Å². The molecule has 0 spiro atoms. The zero-order valence-corrected chi connectivity index (χ0v) is 19.4. The fourth-order valence-electron chi connectivity index (χ4n) is 3.63. The lowest BCUT2D eigenvalue weighted by atomic mass is 10.1. The number of nitriles is 1. The number of benzene rings is 2. The molecule has 3 rings (SSSR count). The van der Waals surface area contributed by atoms with Crippen LogP contribution in [0.4, 0.5) is 0 Å². The van der Waals surface area contributed by atoms with Gasteiger partial charge in [0.2, 0.25) is 0 Å². The van der Waals surface area contributed by atoms with Crippen molar-refractivity contribution in [2.24, 2.45) is 0 Å². The molecule has 0 bridgehead atoms. The summed E-state index contributed by atoms with van der Waals surface area (Å²) in [5.74, 6) is 1.52. The van der Waals surface area contributed by atoms with Crippen LogP contribution in [0.3, 0.4) is 0 Å². The highest BCUT2D eigenvalue weighted by Gasteiger charge is 2.14. The maximum absolute atomic E-state index is 12.7. The molecule has 0 atom stereocenters. The molecule has 0 radical (unpaired) electrons. The van der Waals surface area contributed by atoms with Crippen molar-refractivity contribution in [1.82, 2.24) is 9.88 Å². The Morgan fingerprint density at radius 1 is 1.00 bits per heavy atom. The number of hydrogen-bond donors (Lipinski definition) is 1. The molecule has 7 nitrogen and oxygen atoms in total.